The van der Waals surface area contributed by atoms with Gasteiger partial charge in [-0.05, 0) is 18.8 Å². The highest BCUT2D eigenvalue weighted by molar-refractivity contribution is 9.09. The molecule has 8 heteroatoms. The maximum atomic E-state index is 12.0. The normalized spacial score (nSPS) is 18.3. The summed E-state index contributed by atoms with van der Waals surface area (Å²) < 4.78 is 27.8. The molecule has 1 aliphatic carbocycles. The van der Waals surface area contributed by atoms with Crippen LogP contribution in [0.3, 0.4) is 0 Å². The molecule has 1 saturated carbocycles. The van der Waals surface area contributed by atoms with Crippen molar-refractivity contribution in [2.75, 3.05) is 6.54 Å². The fourth-order valence-electron chi connectivity index (χ4n) is 1.58. The molecule has 0 radical (unpaired) electrons. The summed E-state index contributed by atoms with van der Waals surface area (Å²) in [7, 11) is -2.04. The van der Waals surface area contributed by atoms with Crippen molar-refractivity contribution in [3.8, 4) is 0 Å². The predicted octanol–water partition coefficient (Wildman–Crippen LogP) is 1.53. The van der Waals surface area contributed by atoms with E-state index in [0.29, 0.717) is 12.5 Å². The Bertz CT molecular complexity index is 493. The van der Waals surface area contributed by atoms with Crippen LogP contribution in [0.1, 0.15) is 12.8 Å². The Morgan fingerprint density at radius 3 is 2.82 bits per heavy atom. The predicted molar refractivity (Wildman–Crippen MR) is 68.8 cm³/mol. The van der Waals surface area contributed by atoms with Crippen molar-refractivity contribution < 1.29 is 8.42 Å². The molecule has 0 amide bonds. The second-order valence-corrected chi connectivity index (χ2v) is 7.39. The smallest absolute Gasteiger partial charge is 0.255 e. The molecular formula is C9H13BrClN3O2S. The van der Waals surface area contributed by atoms with Gasteiger partial charge in [-0.3, -0.25) is 4.68 Å². The van der Waals surface area contributed by atoms with Crippen LogP contribution in [0, 0.1) is 5.92 Å². The monoisotopic (exact) mass is 341 g/mol. The first kappa shape index (κ1) is 13.3. The van der Waals surface area contributed by atoms with Crippen LogP contribution in [0.25, 0.3) is 0 Å². The lowest BCUT2D eigenvalue weighted by Crippen LogP contribution is -2.31. The van der Waals surface area contributed by atoms with E-state index in [9.17, 15) is 8.42 Å². The third kappa shape index (κ3) is 3.01. The third-order valence-corrected chi connectivity index (χ3v) is 5.70. The van der Waals surface area contributed by atoms with Gasteiger partial charge in [0.25, 0.3) is 10.0 Å². The molecule has 1 N–H and O–H groups in total. The maximum Gasteiger partial charge on any atom is 0.259 e. The van der Waals surface area contributed by atoms with E-state index >= 15 is 0 Å². The zero-order chi connectivity index (χ0) is 12.6. The van der Waals surface area contributed by atoms with Gasteiger partial charge in [-0.15, -0.1) is 0 Å². The molecule has 17 heavy (non-hydrogen) atoms. The average Bonchev–Trinajstić information content (AvgIpc) is 3.02. The number of hydrogen-bond acceptors (Lipinski definition) is 3. The van der Waals surface area contributed by atoms with Gasteiger partial charge in [-0.1, -0.05) is 27.5 Å². The number of nitrogens with one attached hydrogen (secondary N) is 1. The highest BCUT2D eigenvalue weighted by Gasteiger charge is 2.31. The van der Waals surface area contributed by atoms with Crippen molar-refractivity contribution in [2.24, 2.45) is 13.0 Å². The molecule has 0 aromatic carbocycles. The molecule has 1 atom stereocenters. The minimum Gasteiger partial charge on any atom is -0.255 e. The summed E-state index contributed by atoms with van der Waals surface area (Å²) in [5.41, 5.74) is 0. The summed E-state index contributed by atoms with van der Waals surface area (Å²) in [6.45, 7) is 0.370. The quantitative estimate of drug-likeness (QED) is 0.825. The van der Waals surface area contributed by atoms with Gasteiger partial charge in [0.05, 0.1) is 11.2 Å². The summed E-state index contributed by atoms with van der Waals surface area (Å²) in [6.07, 6.45) is 3.64. The van der Waals surface area contributed by atoms with Crippen LogP contribution < -0.4 is 4.72 Å². The number of alkyl halides is 1. The first-order chi connectivity index (χ1) is 7.92. The minimum atomic E-state index is -3.59. The maximum absolute atomic E-state index is 12.0. The summed E-state index contributed by atoms with van der Waals surface area (Å²) >= 11 is 9.28. The van der Waals surface area contributed by atoms with Crippen LogP contribution in [-0.2, 0) is 17.1 Å². The number of halogens is 2. The average molecular weight is 343 g/mol. The van der Waals surface area contributed by atoms with Gasteiger partial charge in [0.2, 0.25) is 0 Å². The van der Waals surface area contributed by atoms with E-state index in [4.69, 9.17) is 11.6 Å². The summed E-state index contributed by atoms with van der Waals surface area (Å²) in [5.74, 6) is 0.583. The van der Waals surface area contributed by atoms with E-state index < -0.39 is 10.0 Å². The van der Waals surface area contributed by atoms with E-state index in [0.717, 1.165) is 12.8 Å². The fourth-order valence-corrected chi connectivity index (χ4v) is 4.20. The molecule has 1 unspecified atom stereocenters. The second kappa shape index (κ2) is 4.87. The van der Waals surface area contributed by atoms with E-state index in [-0.39, 0.29) is 14.9 Å². The van der Waals surface area contributed by atoms with Gasteiger partial charge >= 0.3 is 0 Å². The molecule has 0 spiro atoms. The van der Waals surface area contributed by atoms with Crippen LogP contribution in [0.2, 0.25) is 5.02 Å². The van der Waals surface area contributed by atoms with Gasteiger partial charge in [-0.25, -0.2) is 13.1 Å². The van der Waals surface area contributed by atoms with E-state index in [2.05, 4.69) is 25.8 Å². The van der Waals surface area contributed by atoms with Gasteiger partial charge in [-0.2, -0.15) is 5.10 Å². The molecule has 1 heterocycles. The molecule has 96 valence electrons. The lowest BCUT2D eigenvalue weighted by atomic mass is 10.3. The van der Waals surface area contributed by atoms with Crippen molar-refractivity contribution in [2.45, 2.75) is 22.7 Å². The van der Waals surface area contributed by atoms with Gasteiger partial charge in [0.1, 0.15) is 0 Å². The lowest BCUT2D eigenvalue weighted by molar-refractivity contribution is 0.560. The summed E-state index contributed by atoms with van der Waals surface area (Å²) in [5, 5.41) is 3.96. The zero-order valence-electron chi connectivity index (χ0n) is 9.23. The molecule has 0 bridgehead atoms. The van der Waals surface area contributed by atoms with E-state index in [1.807, 2.05) is 0 Å². The number of rotatable bonds is 5. The highest BCUT2D eigenvalue weighted by Crippen LogP contribution is 2.36. The standard InChI is InChI=1S/C9H13BrClN3O2S/c1-14-9(8(11)5-12-14)17(15,16)13-4-7(10)6-2-3-6/h5-7,13H,2-4H2,1H3. The molecule has 1 fully saturated rings. The Labute approximate surface area is 114 Å². The molecule has 1 aliphatic rings. The SMILES string of the molecule is Cn1ncc(Cl)c1S(=O)(=O)NCC(Br)C1CC1. The van der Waals surface area contributed by atoms with E-state index in [1.54, 1.807) is 7.05 Å². The zero-order valence-corrected chi connectivity index (χ0v) is 12.4. The van der Waals surface area contributed by atoms with Crippen LogP contribution in [0.4, 0.5) is 0 Å². The number of sulfonamides is 1. The summed E-state index contributed by atoms with van der Waals surface area (Å²) in [6, 6.07) is 0. The molecule has 2 rings (SSSR count). The fraction of sp³-hybridized carbons (Fsp3) is 0.667. The molecule has 5 nitrogen and oxygen atoms in total. The number of nitrogens with zero attached hydrogens (tertiary/aromatic N) is 2. The van der Waals surface area contributed by atoms with Crippen molar-refractivity contribution >= 4 is 37.6 Å². The highest BCUT2D eigenvalue weighted by atomic mass is 79.9. The molecular weight excluding hydrogens is 330 g/mol. The largest absolute Gasteiger partial charge is 0.259 e. The molecule has 1 aromatic rings. The van der Waals surface area contributed by atoms with Crippen molar-refractivity contribution in [3.63, 3.8) is 0 Å². The number of aromatic nitrogens is 2. The Hall–Kier alpha value is -0.110. The third-order valence-electron chi connectivity index (χ3n) is 2.70. The first-order valence-electron chi connectivity index (χ1n) is 5.23. The van der Waals surface area contributed by atoms with Gasteiger partial charge in [0.15, 0.2) is 5.03 Å². The Balaban J connectivity index is 2.08. The molecule has 0 aliphatic heterocycles. The van der Waals surface area contributed by atoms with Crippen LogP contribution in [0.5, 0.6) is 0 Å². The van der Waals surface area contributed by atoms with Crippen molar-refractivity contribution in [3.05, 3.63) is 11.2 Å². The Morgan fingerprint density at radius 1 is 1.71 bits per heavy atom. The lowest BCUT2D eigenvalue weighted by Gasteiger charge is -2.11. The van der Waals surface area contributed by atoms with Crippen LogP contribution >= 0.6 is 27.5 Å². The first-order valence-corrected chi connectivity index (χ1v) is 8.00. The second-order valence-electron chi connectivity index (χ2n) is 4.13. The number of aryl methyl sites for hydroxylation is 1. The van der Waals surface area contributed by atoms with Gasteiger partial charge in [0, 0.05) is 18.4 Å². The van der Waals surface area contributed by atoms with Gasteiger partial charge < -0.3 is 0 Å². The van der Waals surface area contributed by atoms with Crippen molar-refractivity contribution in [1.82, 2.24) is 14.5 Å². The Kier molecular flexibility index (Phi) is 3.82. The Morgan fingerprint density at radius 2 is 2.35 bits per heavy atom. The van der Waals surface area contributed by atoms with Crippen LogP contribution in [0.15, 0.2) is 11.2 Å². The number of hydrogen-bond donors (Lipinski definition) is 1. The summed E-state index contributed by atoms with van der Waals surface area (Å²) in [4.78, 5) is 0.185. The topological polar surface area (TPSA) is 64.0 Å². The van der Waals surface area contributed by atoms with Crippen molar-refractivity contribution in [1.29, 1.82) is 0 Å². The molecule has 1 aromatic heterocycles. The van der Waals surface area contributed by atoms with E-state index in [1.165, 1.54) is 10.9 Å². The molecule has 0 saturated heterocycles. The minimum absolute atomic E-state index is 0.00895. The van der Waals surface area contributed by atoms with Crippen LogP contribution in [-0.4, -0.2) is 29.6 Å².